The van der Waals surface area contributed by atoms with E-state index in [2.05, 4.69) is 88.3 Å². The molecule has 348 valence electrons. The molecule has 4 unspecified atom stereocenters. The fraction of sp³-hybridized carbons (Fsp3) is 0.627. The predicted octanol–water partition coefficient (Wildman–Crippen LogP) is 8.18. The minimum atomic E-state index is -0.116. The molecular weight excluding hydrogens is 791 g/mol. The van der Waals surface area contributed by atoms with Crippen LogP contribution in [0.1, 0.15) is 124 Å². The Hall–Kier alpha value is -4.55. The molecule has 0 aromatic rings. The lowest BCUT2D eigenvalue weighted by molar-refractivity contribution is -0.140. The van der Waals surface area contributed by atoms with E-state index in [1.165, 1.54) is 48.2 Å². The minimum absolute atomic E-state index is 0.00425. The summed E-state index contributed by atoms with van der Waals surface area (Å²) in [4.78, 5) is 49.0. The number of amides is 3. The largest absolute Gasteiger partial charge is 0.501 e. The molecule has 0 spiro atoms. The van der Waals surface area contributed by atoms with E-state index in [0.29, 0.717) is 63.3 Å². The SMILES string of the molecule is C=C(/C=C/N=C\CC)OCCCO/C=C/C/N=C\C1CC(C2=C/CC=CC(NCCNCC(NC(=O)CCCCCN3C(=O)CC(C4CCCCCCC4)C3=O)C(C)C)/C=C\2)=CN1. The number of hydrogen-bond acceptors (Lipinski definition) is 10. The van der Waals surface area contributed by atoms with E-state index in [4.69, 9.17) is 9.47 Å². The topological polar surface area (TPSA) is 146 Å². The van der Waals surface area contributed by atoms with Gasteiger partial charge < -0.3 is 30.7 Å². The lowest BCUT2D eigenvalue weighted by Gasteiger charge is -2.24. The van der Waals surface area contributed by atoms with Gasteiger partial charge in [-0.15, -0.1) is 0 Å². The average molecular weight is 870 g/mol. The van der Waals surface area contributed by atoms with Gasteiger partial charge in [-0.25, -0.2) is 0 Å². The maximum absolute atomic E-state index is 13.2. The molecule has 0 radical (unpaired) electrons. The van der Waals surface area contributed by atoms with Crippen LogP contribution in [0.4, 0.5) is 0 Å². The van der Waals surface area contributed by atoms with Gasteiger partial charge in [0.15, 0.2) is 0 Å². The molecule has 2 fully saturated rings. The summed E-state index contributed by atoms with van der Waals surface area (Å²) in [5.41, 5.74) is 2.51. The molecule has 0 aromatic carbocycles. The van der Waals surface area contributed by atoms with Crippen molar-refractivity contribution in [3.63, 3.8) is 0 Å². The number of allylic oxidation sites excluding steroid dienone is 5. The van der Waals surface area contributed by atoms with Gasteiger partial charge in [0.25, 0.3) is 0 Å². The van der Waals surface area contributed by atoms with Crippen LogP contribution in [0.2, 0.25) is 0 Å². The summed E-state index contributed by atoms with van der Waals surface area (Å²) in [6.45, 7) is 14.6. The first-order valence-electron chi connectivity index (χ1n) is 24.1. The van der Waals surface area contributed by atoms with Gasteiger partial charge in [0.2, 0.25) is 17.7 Å². The number of nitrogens with one attached hydrogen (secondary N) is 4. The summed E-state index contributed by atoms with van der Waals surface area (Å²) in [7, 11) is 0. The number of aliphatic imine (C=N–C) groups is 2. The molecule has 4 rings (SSSR count). The van der Waals surface area contributed by atoms with Gasteiger partial charge in [-0.05, 0) is 80.1 Å². The standard InChI is InChI=1S/C51H79N7O5/c1-5-26-52-28-25-41(4)63-34-17-33-62-32-16-27-53-38-46-35-44(37-56-46)42-18-13-14-21-45(24-23-42)55-30-29-54-39-48(40(2)3)57-49(59)22-12-9-15-31-58-50(60)36-47(51(58)61)43-19-10-7-6-8-11-20-43/h14,16,18,21,23-26,28,32,37-38,40,43,45-48,54-56H,4-13,15,17,19-20,22,27,29-31,33-36,39H2,1-3H3,(H,57,59)/b21-14?,24-23-,28-25+,32-16+,42-18+,52-26-,53-38-. The van der Waals surface area contributed by atoms with Crippen LogP contribution in [0.5, 0.6) is 0 Å². The van der Waals surface area contributed by atoms with Gasteiger partial charge in [-0.1, -0.05) is 96.3 Å². The van der Waals surface area contributed by atoms with Gasteiger partial charge >= 0.3 is 0 Å². The summed E-state index contributed by atoms with van der Waals surface area (Å²) in [6, 6.07) is 0.332. The number of nitrogens with zero attached hydrogens (tertiary/aromatic N) is 3. The third-order valence-corrected chi connectivity index (χ3v) is 12.1. The molecule has 4 N–H and O–H groups in total. The van der Waals surface area contributed by atoms with E-state index >= 15 is 0 Å². The second-order valence-electron chi connectivity index (χ2n) is 17.5. The Morgan fingerprint density at radius 2 is 1.86 bits per heavy atom. The maximum Gasteiger partial charge on any atom is 0.233 e. The highest BCUT2D eigenvalue weighted by molar-refractivity contribution is 6.03. The summed E-state index contributed by atoms with van der Waals surface area (Å²) in [6.07, 6.45) is 38.9. The van der Waals surface area contributed by atoms with E-state index in [1.807, 2.05) is 25.4 Å². The summed E-state index contributed by atoms with van der Waals surface area (Å²) in [5, 5.41) is 13.9. The van der Waals surface area contributed by atoms with Crippen LogP contribution in [0.3, 0.4) is 0 Å². The Kier molecular flexibility index (Phi) is 24.7. The number of imide groups is 1. The number of rotatable bonds is 28. The monoisotopic (exact) mass is 870 g/mol. The van der Waals surface area contributed by atoms with Crippen molar-refractivity contribution >= 4 is 30.2 Å². The number of unbranched alkanes of at least 4 members (excludes halogenated alkanes) is 2. The molecule has 2 aliphatic carbocycles. The molecular formula is C51H79N7O5. The highest BCUT2D eigenvalue weighted by Gasteiger charge is 2.42. The van der Waals surface area contributed by atoms with Crippen molar-refractivity contribution in [2.75, 3.05) is 45.9 Å². The first kappa shape index (κ1) is 51.1. The highest BCUT2D eigenvalue weighted by Crippen LogP contribution is 2.35. The van der Waals surface area contributed by atoms with Crippen molar-refractivity contribution in [3.05, 3.63) is 84.7 Å². The molecule has 3 amide bonds. The maximum atomic E-state index is 13.2. The second kappa shape index (κ2) is 30.5. The Labute approximate surface area is 379 Å². The molecule has 1 saturated carbocycles. The normalized spacial score (nSPS) is 23.2. The van der Waals surface area contributed by atoms with Crippen LogP contribution in [-0.4, -0.2) is 99.1 Å². The van der Waals surface area contributed by atoms with Crippen molar-refractivity contribution in [2.24, 2.45) is 27.7 Å². The zero-order chi connectivity index (χ0) is 44.9. The fourth-order valence-electron chi connectivity index (χ4n) is 8.36. The van der Waals surface area contributed by atoms with E-state index < -0.39 is 0 Å². The Morgan fingerprint density at radius 1 is 1.03 bits per heavy atom. The molecule has 1 saturated heterocycles. The van der Waals surface area contributed by atoms with E-state index in [9.17, 15) is 14.4 Å². The summed E-state index contributed by atoms with van der Waals surface area (Å²) in [5.74, 6) is 1.23. The zero-order valence-corrected chi connectivity index (χ0v) is 38.7. The summed E-state index contributed by atoms with van der Waals surface area (Å²) < 4.78 is 11.1. The molecule has 2 heterocycles. The molecule has 4 aliphatic rings. The predicted molar refractivity (Wildman–Crippen MR) is 257 cm³/mol. The smallest absolute Gasteiger partial charge is 0.233 e. The Morgan fingerprint density at radius 3 is 2.67 bits per heavy atom. The van der Waals surface area contributed by atoms with Gasteiger partial charge in [0.05, 0.1) is 38.0 Å². The fourth-order valence-corrected chi connectivity index (χ4v) is 8.36. The van der Waals surface area contributed by atoms with Crippen LogP contribution in [-0.2, 0) is 23.9 Å². The number of likely N-dealkylation sites (tertiary alicyclic amines) is 1. The van der Waals surface area contributed by atoms with Crippen molar-refractivity contribution in [1.29, 1.82) is 0 Å². The first-order chi connectivity index (χ1) is 30.7. The van der Waals surface area contributed by atoms with Crippen LogP contribution in [0.15, 0.2) is 94.7 Å². The zero-order valence-electron chi connectivity index (χ0n) is 38.7. The molecule has 0 aromatic heterocycles. The lowest BCUT2D eigenvalue weighted by Crippen LogP contribution is -2.46. The molecule has 12 heteroatoms. The average Bonchev–Trinajstić information content (AvgIpc) is 3.83. The third kappa shape index (κ3) is 20.2. The molecule has 2 aliphatic heterocycles. The van der Waals surface area contributed by atoms with Crippen LogP contribution < -0.4 is 21.3 Å². The quantitative estimate of drug-likeness (QED) is 0.0154. The summed E-state index contributed by atoms with van der Waals surface area (Å²) >= 11 is 0. The molecule has 12 nitrogen and oxygen atoms in total. The molecule has 63 heavy (non-hydrogen) atoms. The van der Waals surface area contributed by atoms with Crippen molar-refractivity contribution in [1.82, 2.24) is 26.2 Å². The first-order valence-corrected chi connectivity index (χ1v) is 24.1. The van der Waals surface area contributed by atoms with E-state index in [-0.39, 0.29) is 41.8 Å². The highest BCUT2D eigenvalue weighted by atomic mass is 16.5. The minimum Gasteiger partial charge on any atom is -0.501 e. The van der Waals surface area contributed by atoms with Gasteiger partial charge in [-0.3, -0.25) is 29.3 Å². The van der Waals surface area contributed by atoms with Crippen LogP contribution in [0, 0.1) is 17.8 Å². The van der Waals surface area contributed by atoms with Gasteiger partial charge in [0.1, 0.15) is 5.76 Å². The molecule has 4 atom stereocenters. The number of ether oxygens (including phenoxy) is 2. The van der Waals surface area contributed by atoms with Crippen LogP contribution in [0.25, 0.3) is 0 Å². The van der Waals surface area contributed by atoms with Crippen molar-refractivity contribution < 1.29 is 23.9 Å². The molecule has 0 bridgehead atoms. The van der Waals surface area contributed by atoms with E-state index in [1.54, 1.807) is 18.5 Å². The third-order valence-electron chi connectivity index (χ3n) is 12.1. The lowest BCUT2D eigenvalue weighted by atomic mass is 9.81. The van der Waals surface area contributed by atoms with Gasteiger partial charge in [0, 0.05) is 82.4 Å². The van der Waals surface area contributed by atoms with Crippen molar-refractivity contribution in [2.45, 2.75) is 142 Å². The number of carbonyl (C=O) groups excluding carboxylic acids is 3. The Bertz CT molecular complexity index is 1650. The number of hydrogen-bond donors (Lipinski definition) is 4. The second-order valence-corrected chi connectivity index (χ2v) is 17.5. The Balaban J connectivity index is 1.03. The van der Waals surface area contributed by atoms with Crippen molar-refractivity contribution in [3.8, 4) is 0 Å². The van der Waals surface area contributed by atoms with Gasteiger partial charge in [-0.2, -0.15) is 0 Å². The van der Waals surface area contributed by atoms with Crippen LogP contribution >= 0.6 is 0 Å². The van der Waals surface area contributed by atoms with E-state index in [0.717, 1.165) is 70.9 Å². The number of carbonyl (C=O) groups is 3.